The summed E-state index contributed by atoms with van der Waals surface area (Å²) in [6, 6.07) is 2.96. The maximum Gasteiger partial charge on any atom is 0.258 e. The number of aliphatic hydroxyl groups is 1. The molecule has 1 aromatic rings. The number of hydrogen-bond acceptors (Lipinski definition) is 5. The zero-order valence-electron chi connectivity index (χ0n) is 11.0. The monoisotopic (exact) mass is 304 g/mol. The molecule has 5 nitrogen and oxygen atoms in total. The van der Waals surface area contributed by atoms with Gasteiger partial charge in [0, 0.05) is 12.7 Å². The number of nitrogens with one attached hydrogen (secondary N) is 1. The van der Waals surface area contributed by atoms with Crippen LogP contribution in [0, 0.1) is 0 Å². The van der Waals surface area contributed by atoms with Gasteiger partial charge in [-0.25, -0.2) is 18.1 Å². The van der Waals surface area contributed by atoms with E-state index in [1.807, 2.05) is 0 Å². The SMILES string of the molecule is CSCCCCCNS(=O)(=O)c1ccc(CO)cn1. The Morgan fingerprint density at radius 2 is 2.11 bits per heavy atom. The van der Waals surface area contributed by atoms with Gasteiger partial charge in [-0.3, -0.25) is 0 Å². The molecule has 1 aromatic heterocycles. The number of nitrogens with zero attached hydrogens (tertiary/aromatic N) is 1. The fourth-order valence-corrected chi connectivity index (χ4v) is 2.98. The Morgan fingerprint density at radius 1 is 1.32 bits per heavy atom. The molecule has 0 aliphatic carbocycles. The predicted octanol–water partition coefficient (Wildman–Crippen LogP) is 1.39. The third-order valence-corrected chi connectivity index (χ3v) is 4.65. The number of sulfonamides is 1. The van der Waals surface area contributed by atoms with Crippen LogP contribution in [0.3, 0.4) is 0 Å². The van der Waals surface area contributed by atoms with Crippen molar-refractivity contribution in [2.45, 2.75) is 30.9 Å². The second-order valence-corrected chi connectivity index (χ2v) is 6.81. The first-order chi connectivity index (χ1) is 9.10. The van der Waals surface area contributed by atoms with Gasteiger partial charge in [0.2, 0.25) is 0 Å². The highest BCUT2D eigenvalue weighted by atomic mass is 32.2. The molecule has 0 atom stereocenters. The van der Waals surface area contributed by atoms with Crippen LogP contribution in [-0.2, 0) is 16.6 Å². The molecule has 108 valence electrons. The fourth-order valence-electron chi connectivity index (χ4n) is 1.49. The minimum absolute atomic E-state index is 0.00573. The zero-order chi connectivity index (χ0) is 14.1. The van der Waals surface area contributed by atoms with E-state index in [1.165, 1.54) is 12.3 Å². The van der Waals surface area contributed by atoms with Crippen LogP contribution in [0.15, 0.2) is 23.4 Å². The zero-order valence-corrected chi connectivity index (χ0v) is 12.6. The van der Waals surface area contributed by atoms with E-state index in [4.69, 9.17) is 5.11 Å². The van der Waals surface area contributed by atoms with Crippen LogP contribution in [0.2, 0.25) is 0 Å². The maximum absolute atomic E-state index is 11.9. The highest BCUT2D eigenvalue weighted by molar-refractivity contribution is 7.98. The third kappa shape index (κ3) is 5.90. The van der Waals surface area contributed by atoms with Crippen molar-refractivity contribution >= 4 is 21.8 Å². The molecule has 0 aliphatic heterocycles. The largest absolute Gasteiger partial charge is 0.392 e. The van der Waals surface area contributed by atoms with Crippen LogP contribution in [0.4, 0.5) is 0 Å². The molecule has 2 N–H and O–H groups in total. The molecule has 0 saturated carbocycles. The lowest BCUT2D eigenvalue weighted by Gasteiger charge is -2.06. The van der Waals surface area contributed by atoms with E-state index in [0.717, 1.165) is 25.0 Å². The molecule has 0 bridgehead atoms. The van der Waals surface area contributed by atoms with Gasteiger partial charge in [0.1, 0.15) is 0 Å². The van der Waals surface area contributed by atoms with E-state index in [9.17, 15) is 8.42 Å². The molecule has 0 fully saturated rings. The minimum atomic E-state index is -3.53. The first-order valence-corrected chi connectivity index (χ1v) is 9.02. The van der Waals surface area contributed by atoms with Gasteiger partial charge in [0.25, 0.3) is 10.0 Å². The van der Waals surface area contributed by atoms with Crippen LogP contribution in [0.1, 0.15) is 24.8 Å². The van der Waals surface area contributed by atoms with E-state index in [2.05, 4.69) is 16.0 Å². The Morgan fingerprint density at radius 3 is 2.68 bits per heavy atom. The average Bonchev–Trinajstić information content (AvgIpc) is 2.43. The van der Waals surface area contributed by atoms with Gasteiger partial charge in [-0.05, 0) is 36.5 Å². The summed E-state index contributed by atoms with van der Waals surface area (Å²) in [5.74, 6) is 1.11. The van der Waals surface area contributed by atoms with Crippen LogP contribution >= 0.6 is 11.8 Å². The lowest BCUT2D eigenvalue weighted by molar-refractivity contribution is 0.281. The number of rotatable bonds is 9. The molecule has 19 heavy (non-hydrogen) atoms. The van der Waals surface area contributed by atoms with E-state index < -0.39 is 10.0 Å². The normalized spacial score (nSPS) is 11.7. The number of hydrogen-bond donors (Lipinski definition) is 2. The van der Waals surface area contributed by atoms with Gasteiger partial charge in [-0.1, -0.05) is 12.5 Å². The van der Waals surface area contributed by atoms with Crippen molar-refractivity contribution in [3.05, 3.63) is 23.9 Å². The maximum atomic E-state index is 11.9. The highest BCUT2D eigenvalue weighted by Crippen LogP contribution is 2.07. The summed E-state index contributed by atoms with van der Waals surface area (Å²) in [5.41, 5.74) is 0.594. The van der Waals surface area contributed by atoms with Gasteiger partial charge in [0.15, 0.2) is 5.03 Å². The fraction of sp³-hybridized carbons (Fsp3) is 0.583. The summed E-state index contributed by atoms with van der Waals surface area (Å²) < 4.78 is 26.3. The van der Waals surface area contributed by atoms with Crippen molar-refractivity contribution in [1.82, 2.24) is 9.71 Å². The quantitative estimate of drug-likeness (QED) is 0.674. The average molecular weight is 304 g/mol. The van der Waals surface area contributed by atoms with Gasteiger partial charge in [-0.2, -0.15) is 11.8 Å². The van der Waals surface area contributed by atoms with Crippen molar-refractivity contribution < 1.29 is 13.5 Å². The van der Waals surface area contributed by atoms with Crippen LogP contribution in [-0.4, -0.2) is 37.1 Å². The molecular formula is C12H20N2O3S2. The lowest BCUT2D eigenvalue weighted by atomic mass is 10.2. The summed E-state index contributed by atoms with van der Waals surface area (Å²) in [6.07, 6.45) is 6.37. The summed E-state index contributed by atoms with van der Waals surface area (Å²) in [4.78, 5) is 3.84. The van der Waals surface area contributed by atoms with E-state index in [-0.39, 0.29) is 11.6 Å². The standard InChI is InChI=1S/C12H20N2O3S2/c1-18-8-4-2-3-7-14-19(16,17)12-6-5-11(10-15)9-13-12/h5-6,9,14-15H,2-4,7-8,10H2,1H3. The van der Waals surface area contributed by atoms with E-state index in [1.54, 1.807) is 17.8 Å². The van der Waals surface area contributed by atoms with Crippen LogP contribution < -0.4 is 4.72 Å². The van der Waals surface area contributed by atoms with Crippen molar-refractivity contribution in [2.75, 3.05) is 18.6 Å². The summed E-state index contributed by atoms with van der Waals surface area (Å²) in [6.45, 7) is 0.288. The molecule has 0 radical (unpaired) electrons. The van der Waals surface area contributed by atoms with E-state index in [0.29, 0.717) is 12.1 Å². The first-order valence-electron chi connectivity index (χ1n) is 6.14. The third-order valence-electron chi connectivity index (χ3n) is 2.57. The Hall–Kier alpha value is -0.630. The smallest absolute Gasteiger partial charge is 0.258 e. The molecule has 0 amide bonds. The van der Waals surface area contributed by atoms with Gasteiger partial charge in [0.05, 0.1) is 6.61 Å². The molecule has 0 saturated heterocycles. The Kier molecular flexibility index (Phi) is 7.37. The number of aliphatic hydroxyl groups excluding tert-OH is 1. The van der Waals surface area contributed by atoms with Gasteiger partial charge < -0.3 is 5.11 Å². The molecular weight excluding hydrogens is 284 g/mol. The minimum Gasteiger partial charge on any atom is -0.392 e. The number of aromatic nitrogens is 1. The Bertz CT molecular complexity index is 460. The van der Waals surface area contributed by atoms with Gasteiger partial charge in [-0.15, -0.1) is 0 Å². The Balaban J connectivity index is 2.42. The lowest BCUT2D eigenvalue weighted by Crippen LogP contribution is -2.25. The Labute approximate surface area is 118 Å². The molecule has 0 aromatic carbocycles. The summed E-state index contributed by atoms with van der Waals surface area (Å²) >= 11 is 1.80. The van der Waals surface area contributed by atoms with Crippen molar-refractivity contribution in [3.63, 3.8) is 0 Å². The van der Waals surface area contributed by atoms with Crippen LogP contribution in [0.25, 0.3) is 0 Å². The van der Waals surface area contributed by atoms with Crippen LogP contribution in [0.5, 0.6) is 0 Å². The van der Waals surface area contributed by atoms with E-state index >= 15 is 0 Å². The van der Waals surface area contributed by atoms with Gasteiger partial charge >= 0.3 is 0 Å². The molecule has 0 unspecified atom stereocenters. The topological polar surface area (TPSA) is 79.3 Å². The molecule has 7 heteroatoms. The number of pyridine rings is 1. The molecule has 1 heterocycles. The number of unbranched alkanes of at least 4 members (excludes halogenated alkanes) is 2. The predicted molar refractivity (Wildman–Crippen MR) is 77.6 cm³/mol. The molecule has 0 aliphatic rings. The van der Waals surface area contributed by atoms with Crippen molar-refractivity contribution in [3.8, 4) is 0 Å². The highest BCUT2D eigenvalue weighted by Gasteiger charge is 2.14. The summed E-state index contributed by atoms with van der Waals surface area (Å²) in [5, 5.41) is 8.86. The second kappa shape index (κ2) is 8.52. The summed E-state index contributed by atoms with van der Waals surface area (Å²) in [7, 11) is -3.53. The number of thioether (sulfide) groups is 1. The molecule has 0 spiro atoms. The first kappa shape index (κ1) is 16.4. The van der Waals surface area contributed by atoms with Crippen molar-refractivity contribution in [2.24, 2.45) is 0 Å². The molecule has 1 rings (SSSR count). The second-order valence-electron chi connectivity index (χ2n) is 4.11. The van der Waals surface area contributed by atoms with Crippen molar-refractivity contribution in [1.29, 1.82) is 0 Å².